The fourth-order valence-electron chi connectivity index (χ4n) is 2.00. The molecular weight excluding hydrogens is 270 g/mol. The van der Waals surface area contributed by atoms with Crippen LogP contribution in [0.25, 0.3) is 0 Å². The molecule has 1 aromatic heterocycles. The Hall–Kier alpha value is -1.66. The SMILES string of the molecule is CCNc1ccncc1C(=O)N(CCCOC)CCOC. The quantitative estimate of drug-likeness (QED) is 0.665. The van der Waals surface area contributed by atoms with Gasteiger partial charge in [0.1, 0.15) is 0 Å². The van der Waals surface area contributed by atoms with Crippen molar-refractivity contribution in [3.05, 3.63) is 24.0 Å². The van der Waals surface area contributed by atoms with E-state index < -0.39 is 0 Å². The van der Waals surface area contributed by atoms with Gasteiger partial charge in [0.2, 0.25) is 0 Å². The highest BCUT2D eigenvalue weighted by atomic mass is 16.5. The molecule has 0 aliphatic heterocycles. The molecule has 1 aromatic rings. The lowest BCUT2D eigenvalue weighted by molar-refractivity contribution is 0.0674. The van der Waals surface area contributed by atoms with E-state index >= 15 is 0 Å². The van der Waals surface area contributed by atoms with Gasteiger partial charge in [-0.1, -0.05) is 0 Å². The standard InChI is InChI=1S/C15H25N3O3/c1-4-17-14-6-7-16-12-13(14)15(19)18(9-11-21-3)8-5-10-20-2/h6-7,12H,4-5,8-11H2,1-3H3,(H,16,17). The summed E-state index contributed by atoms with van der Waals surface area (Å²) in [6.45, 7) is 5.08. The molecule has 0 radical (unpaired) electrons. The van der Waals surface area contributed by atoms with E-state index in [1.807, 2.05) is 13.0 Å². The first-order valence-corrected chi connectivity index (χ1v) is 7.19. The predicted molar refractivity (Wildman–Crippen MR) is 82.7 cm³/mol. The third-order valence-corrected chi connectivity index (χ3v) is 3.05. The van der Waals surface area contributed by atoms with Crippen molar-refractivity contribution in [1.82, 2.24) is 9.88 Å². The first-order chi connectivity index (χ1) is 10.2. The molecule has 6 nitrogen and oxygen atoms in total. The average Bonchev–Trinajstić information content (AvgIpc) is 2.51. The van der Waals surface area contributed by atoms with Gasteiger partial charge < -0.3 is 19.7 Å². The lowest BCUT2D eigenvalue weighted by Gasteiger charge is -2.23. The van der Waals surface area contributed by atoms with Gasteiger partial charge in [-0.2, -0.15) is 0 Å². The topological polar surface area (TPSA) is 63.7 Å². The van der Waals surface area contributed by atoms with E-state index in [-0.39, 0.29) is 5.91 Å². The number of aromatic nitrogens is 1. The summed E-state index contributed by atoms with van der Waals surface area (Å²) >= 11 is 0. The van der Waals surface area contributed by atoms with Gasteiger partial charge in [-0.25, -0.2) is 0 Å². The Labute approximate surface area is 126 Å². The Balaban J connectivity index is 2.82. The van der Waals surface area contributed by atoms with Crippen molar-refractivity contribution in [1.29, 1.82) is 0 Å². The normalized spacial score (nSPS) is 10.4. The zero-order chi connectivity index (χ0) is 15.5. The molecule has 0 bridgehead atoms. The van der Waals surface area contributed by atoms with Crippen LogP contribution in [0.2, 0.25) is 0 Å². The summed E-state index contributed by atoms with van der Waals surface area (Å²) in [5, 5.41) is 3.19. The summed E-state index contributed by atoms with van der Waals surface area (Å²) < 4.78 is 10.1. The Morgan fingerprint density at radius 2 is 2.05 bits per heavy atom. The number of pyridine rings is 1. The maximum Gasteiger partial charge on any atom is 0.257 e. The van der Waals surface area contributed by atoms with Gasteiger partial charge in [-0.05, 0) is 19.4 Å². The summed E-state index contributed by atoms with van der Waals surface area (Å²) in [6, 6.07) is 1.82. The van der Waals surface area contributed by atoms with Gasteiger partial charge >= 0.3 is 0 Å². The second-order valence-corrected chi connectivity index (χ2v) is 4.58. The highest BCUT2D eigenvalue weighted by Gasteiger charge is 2.18. The molecule has 21 heavy (non-hydrogen) atoms. The number of nitrogens with zero attached hydrogens (tertiary/aromatic N) is 2. The van der Waals surface area contributed by atoms with Crippen LogP contribution in [0, 0.1) is 0 Å². The molecular formula is C15H25N3O3. The molecule has 0 fully saturated rings. The van der Waals surface area contributed by atoms with E-state index in [2.05, 4.69) is 10.3 Å². The third-order valence-electron chi connectivity index (χ3n) is 3.05. The van der Waals surface area contributed by atoms with Crippen molar-refractivity contribution >= 4 is 11.6 Å². The maximum absolute atomic E-state index is 12.7. The molecule has 1 amide bonds. The van der Waals surface area contributed by atoms with Crippen LogP contribution in [0.3, 0.4) is 0 Å². The molecule has 6 heteroatoms. The smallest absolute Gasteiger partial charge is 0.257 e. The number of nitrogens with one attached hydrogen (secondary N) is 1. The van der Waals surface area contributed by atoms with Crippen LogP contribution in [-0.4, -0.2) is 62.9 Å². The minimum Gasteiger partial charge on any atom is -0.385 e. The van der Waals surface area contributed by atoms with Crippen molar-refractivity contribution in [3.8, 4) is 0 Å². The predicted octanol–water partition coefficient (Wildman–Crippen LogP) is 1.64. The molecule has 1 heterocycles. The molecule has 0 unspecified atom stereocenters. The van der Waals surface area contributed by atoms with Crippen LogP contribution >= 0.6 is 0 Å². The number of carbonyl (C=O) groups excluding carboxylic acids is 1. The van der Waals surface area contributed by atoms with Gasteiger partial charge in [0.05, 0.1) is 17.9 Å². The monoisotopic (exact) mass is 295 g/mol. The zero-order valence-electron chi connectivity index (χ0n) is 13.1. The lowest BCUT2D eigenvalue weighted by Crippen LogP contribution is -2.35. The van der Waals surface area contributed by atoms with Crippen LogP contribution in [-0.2, 0) is 9.47 Å². The third kappa shape index (κ3) is 5.69. The fraction of sp³-hybridized carbons (Fsp3) is 0.600. The van der Waals surface area contributed by atoms with Gasteiger partial charge in [-0.3, -0.25) is 9.78 Å². The highest BCUT2D eigenvalue weighted by Crippen LogP contribution is 2.16. The van der Waals surface area contributed by atoms with Crippen LogP contribution in [0.4, 0.5) is 5.69 Å². The largest absolute Gasteiger partial charge is 0.385 e. The van der Waals surface area contributed by atoms with Crippen LogP contribution in [0.15, 0.2) is 18.5 Å². The first-order valence-electron chi connectivity index (χ1n) is 7.19. The Morgan fingerprint density at radius 1 is 1.29 bits per heavy atom. The Bertz CT molecular complexity index is 426. The van der Waals surface area contributed by atoms with Gasteiger partial charge in [0, 0.05) is 52.9 Å². The molecule has 0 aromatic carbocycles. The lowest BCUT2D eigenvalue weighted by atomic mass is 10.2. The van der Waals surface area contributed by atoms with Crippen molar-refractivity contribution in [2.24, 2.45) is 0 Å². The van der Waals surface area contributed by atoms with E-state index in [0.717, 1.165) is 18.7 Å². The number of amides is 1. The average molecular weight is 295 g/mol. The number of hydrogen-bond donors (Lipinski definition) is 1. The Kier molecular flexibility index (Phi) is 8.38. The number of anilines is 1. The number of ether oxygens (including phenoxy) is 2. The molecule has 0 spiro atoms. The highest BCUT2D eigenvalue weighted by molar-refractivity contribution is 5.99. The van der Waals surface area contributed by atoms with Gasteiger partial charge in [0.15, 0.2) is 0 Å². The molecule has 1 rings (SSSR count). The van der Waals surface area contributed by atoms with E-state index in [0.29, 0.717) is 31.9 Å². The van der Waals surface area contributed by atoms with Gasteiger partial charge in [-0.15, -0.1) is 0 Å². The number of methoxy groups -OCH3 is 2. The fourth-order valence-corrected chi connectivity index (χ4v) is 2.00. The molecule has 1 N–H and O–H groups in total. The van der Waals surface area contributed by atoms with Crippen LogP contribution in [0.1, 0.15) is 23.7 Å². The minimum atomic E-state index is -0.0350. The minimum absolute atomic E-state index is 0.0350. The van der Waals surface area contributed by atoms with E-state index in [1.54, 1.807) is 31.5 Å². The molecule has 0 atom stereocenters. The van der Waals surface area contributed by atoms with Crippen LogP contribution in [0.5, 0.6) is 0 Å². The second-order valence-electron chi connectivity index (χ2n) is 4.58. The molecule has 0 saturated carbocycles. The molecule has 0 aliphatic carbocycles. The first kappa shape index (κ1) is 17.4. The summed E-state index contributed by atoms with van der Waals surface area (Å²) in [6.07, 6.45) is 4.08. The summed E-state index contributed by atoms with van der Waals surface area (Å²) in [5.74, 6) is -0.0350. The summed E-state index contributed by atoms with van der Waals surface area (Å²) in [7, 11) is 3.29. The van der Waals surface area contributed by atoms with Crippen LogP contribution < -0.4 is 5.32 Å². The molecule has 118 valence electrons. The van der Waals surface area contributed by atoms with E-state index in [9.17, 15) is 4.79 Å². The van der Waals surface area contributed by atoms with Crippen molar-refractivity contribution < 1.29 is 14.3 Å². The van der Waals surface area contributed by atoms with Crippen molar-refractivity contribution in [2.75, 3.05) is 52.4 Å². The number of hydrogen-bond acceptors (Lipinski definition) is 5. The molecule has 0 saturated heterocycles. The maximum atomic E-state index is 12.7. The number of rotatable bonds is 10. The van der Waals surface area contributed by atoms with Gasteiger partial charge in [0.25, 0.3) is 5.91 Å². The summed E-state index contributed by atoms with van der Waals surface area (Å²) in [4.78, 5) is 18.5. The second kappa shape index (κ2) is 10.1. The summed E-state index contributed by atoms with van der Waals surface area (Å²) in [5.41, 5.74) is 1.40. The van der Waals surface area contributed by atoms with E-state index in [4.69, 9.17) is 9.47 Å². The van der Waals surface area contributed by atoms with E-state index in [1.165, 1.54) is 0 Å². The Morgan fingerprint density at radius 3 is 2.71 bits per heavy atom. The van der Waals surface area contributed by atoms with Crippen molar-refractivity contribution in [2.45, 2.75) is 13.3 Å². The van der Waals surface area contributed by atoms with Crippen molar-refractivity contribution in [3.63, 3.8) is 0 Å². The zero-order valence-corrected chi connectivity index (χ0v) is 13.1. The molecule has 0 aliphatic rings. The number of carbonyl (C=O) groups is 1.